The lowest BCUT2D eigenvalue weighted by molar-refractivity contribution is 0.0788. The number of carbonyl (C=O) groups excluding carboxylic acids is 1. The third-order valence-electron chi connectivity index (χ3n) is 6.37. The highest BCUT2D eigenvalue weighted by atomic mass is 32.2. The van der Waals surface area contributed by atoms with Gasteiger partial charge in [0.1, 0.15) is 10.7 Å². The zero-order valence-corrected chi connectivity index (χ0v) is 18.6. The number of amides is 1. The van der Waals surface area contributed by atoms with E-state index in [1.165, 1.54) is 0 Å². The van der Waals surface area contributed by atoms with Gasteiger partial charge in [-0.1, -0.05) is 19.3 Å². The van der Waals surface area contributed by atoms with Crippen LogP contribution in [0.25, 0.3) is 0 Å². The number of aromatic amines is 1. The van der Waals surface area contributed by atoms with E-state index in [0.29, 0.717) is 35.8 Å². The number of likely N-dealkylation sites (tertiary alicyclic amines) is 1. The van der Waals surface area contributed by atoms with Crippen molar-refractivity contribution < 1.29 is 17.6 Å². The van der Waals surface area contributed by atoms with E-state index < -0.39 is 10.0 Å². The molecule has 3 heterocycles. The maximum atomic E-state index is 14.0. The van der Waals surface area contributed by atoms with Crippen LogP contribution >= 0.6 is 0 Å². The molecule has 0 aromatic carbocycles. The van der Waals surface area contributed by atoms with Crippen molar-refractivity contribution in [3.05, 3.63) is 41.1 Å². The minimum Gasteiger partial charge on any atom is -0.468 e. The fourth-order valence-electron chi connectivity index (χ4n) is 4.87. The summed E-state index contributed by atoms with van der Waals surface area (Å²) >= 11 is 0. The highest BCUT2D eigenvalue weighted by molar-refractivity contribution is 7.89. The molecule has 0 radical (unpaired) electrons. The van der Waals surface area contributed by atoms with Crippen LogP contribution in [0.4, 0.5) is 0 Å². The summed E-state index contributed by atoms with van der Waals surface area (Å²) in [6.07, 6.45) is 8.31. The quantitative estimate of drug-likeness (QED) is 0.746. The molecule has 0 spiro atoms. The summed E-state index contributed by atoms with van der Waals surface area (Å²) in [6, 6.07) is 3.49. The summed E-state index contributed by atoms with van der Waals surface area (Å²) in [7, 11) is -3.90. The highest BCUT2D eigenvalue weighted by Crippen LogP contribution is 2.34. The predicted octanol–water partition coefficient (Wildman–Crippen LogP) is 3.98. The summed E-state index contributed by atoms with van der Waals surface area (Å²) in [6.45, 7) is 5.07. The molecule has 2 aliphatic rings. The number of aromatic nitrogens is 1. The number of rotatable bonds is 6. The van der Waals surface area contributed by atoms with Crippen LogP contribution in [-0.2, 0) is 16.6 Å². The average molecular weight is 434 g/mol. The second kappa shape index (κ2) is 8.59. The minimum atomic E-state index is -3.90. The molecule has 1 aliphatic carbocycles. The number of hydrogen-bond donors (Lipinski definition) is 1. The Morgan fingerprint density at radius 2 is 1.83 bits per heavy atom. The van der Waals surface area contributed by atoms with Gasteiger partial charge in [-0.3, -0.25) is 4.79 Å². The molecular formula is C22H31N3O4S. The van der Waals surface area contributed by atoms with Crippen molar-refractivity contribution in [1.29, 1.82) is 0 Å². The third kappa shape index (κ3) is 3.95. The van der Waals surface area contributed by atoms with Gasteiger partial charge >= 0.3 is 0 Å². The van der Waals surface area contributed by atoms with E-state index in [1.807, 2.05) is 0 Å². The Kier molecular flexibility index (Phi) is 6.06. The summed E-state index contributed by atoms with van der Waals surface area (Å²) in [5.74, 6) is 0.427. The molecule has 0 unspecified atom stereocenters. The number of H-pyrrole nitrogens is 1. The Hall–Kier alpha value is -2.06. The smallest absolute Gasteiger partial charge is 0.257 e. The molecule has 8 heteroatoms. The Morgan fingerprint density at radius 1 is 1.13 bits per heavy atom. The number of aryl methyl sites for hydroxylation is 2. The van der Waals surface area contributed by atoms with E-state index in [9.17, 15) is 13.2 Å². The van der Waals surface area contributed by atoms with Gasteiger partial charge in [0.2, 0.25) is 10.0 Å². The van der Waals surface area contributed by atoms with Crippen molar-refractivity contribution in [3.8, 4) is 0 Å². The minimum absolute atomic E-state index is 0.0850. The summed E-state index contributed by atoms with van der Waals surface area (Å²) < 4.78 is 35.1. The van der Waals surface area contributed by atoms with Gasteiger partial charge in [0, 0.05) is 30.5 Å². The third-order valence-corrected chi connectivity index (χ3v) is 8.44. The first-order valence-corrected chi connectivity index (χ1v) is 12.4. The molecule has 0 atom stereocenters. The molecule has 7 nitrogen and oxygen atoms in total. The van der Waals surface area contributed by atoms with Gasteiger partial charge in [0.25, 0.3) is 5.91 Å². The standard InChI is InChI=1S/C22H31N3O4S/c1-16-20(22(26)24-12-6-7-13-24)21(17(2)23-16)30(27,28)25(15-19-11-8-14-29-19)18-9-4-3-5-10-18/h8,11,14,18,23H,3-7,9-10,12-13,15H2,1-2H3. The van der Waals surface area contributed by atoms with E-state index in [-0.39, 0.29) is 23.4 Å². The Morgan fingerprint density at radius 3 is 2.47 bits per heavy atom. The van der Waals surface area contributed by atoms with Crippen molar-refractivity contribution >= 4 is 15.9 Å². The van der Waals surface area contributed by atoms with Crippen LogP contribution in [0.2, 0.25) is 0 Å². The lowest BCUT2D eigenvalue weighted by Gasteiger charge is -2.33. The van der Waals surface area contributed by atoms with Crippen molar-refractivity contribution in [2.24, 2.45) is 0 Å². The molecule has 164 valence electrons. The monoisotopic (exact) mass is 433 g/mol. The van der Waals surface area contributed by atoms with Crippen LogP contribution in [0.5, 0.6) is 0 Å². The van der Waals surface area contributed by atoms with Gasteiger partial charge in [-0.25, -0.2) is 8.42 Å². The lowest BCUT2D eigenvalue weighted by Crippen LogP contribution is -2.41. The van der Waals surface area contributed by atoms with Crippen LogP contribution < -0.4 is 0 Å². The fraction of sp³-hybridized carbons (Fsp3) is 0.591. The molecule has 1 amide bonds. The topological polar surface area (TPSA) is 86.6 Å². The van der Waals surface area contributed by atoms with E-state index in [0.717, 1.165) is 44.9 Å². The highest BCUT2D eigenvalue weighted by Gasteiger charge is 2.39. The molecule has 2 aromatic heterocycles. The second-order valence-electron chi connectivity index (χ2n) is 8.50. The predicted molar refractivity (Wildman–Crippen MR) is 114 cm³/mol. The fourth-order valence-corrected chi connectivity index (χ4v) is 6.94. The van der Waals surface area contributed by atoms with Gasteiger partial charge in [0.05, 0.1) is 18.4 Å². The van der Waals surface area contributed by atoms with Crippen molar-refractivity contribution in [3.63, 3.8) is 0 Å². The van der Waals surface area contributed by atoms with Gasteiger partial charge in [-0.15, -0.1) is 0 Å². The second-order valence-corrected chi connectivity index (χ2v) is 10.3. The molecule has 1 saturated carbocycles. The van der Waals surface area contributed by atoms with E-state index >= 15 is 0 Å². The van der Waals surface area contributed by atoms with Crippen LogP contribution in [0.1, 0.15) is 72.5 Å². The number of hydrogen-bond acceptors (Lipinski definition) is 4. The van der Waals surface area contributed by atoms with Gasteiger partial charge < -0.3 is 14.3 Å². The molecule has 30 heavy (non-hydrogen) atoms. The van der Waals surface area contributed by atoms with Crippen LogP contribution in [0.3, 0.4) is 0 Å². The number of furan rings is 1. The number of carbonyl (C=O) groups is 1. The molecule has 1 aliphatic heterocycles. The summed E-state index contributed by atoms with van der Waals surface area (Å²) in [4.78, 5) is 18.3. The molecule has 1 saturated heterocycles. The van der Waals surface area contributed by atoms with Crippen molar-refractivity contribution in [1.82, 2.24) is 14.2 Å². The zero-order valence-electron chi connectivity index (χ0n) is 17.8. The van der Waals surface area contributed by atoms with Crippen LogP contribution in [0, 0.1) is 13.8 Å². The Bertz CT molecular complexity index is 982. The maximum Gasteiger partial charge on any atom is 0.257 e. The normalized spacial score (nSPS) is 18.4. The van der Waals surface area contributed by atoms with Gasteiger partial charge in [-0.2, -0.15) is 4.31 Å². The van der Waals surface area contributed by atoms with Crippen LogP contribution in [-0.4, -0.2) is 47.6 Å². The van der Waals surface area contributed by atoms with Crippen molar-refractivity contribution in [2.45, 2.75) is 76.3 Å². The summed E-state index contributed by atoms with van der Waals surface area (Å²) in [5.41, 5.74) is 1.44. The molecule has 2 fully saturated rings. The average Bonchev–Trinajstić information content (AvgIpc) is 3.48. The first-order chi connectivity index (χ1) is 14.4. The van der Waals surface area contributed by atoms with Gasteiger partial charge in [-0.05, 0) is 51.7 Å². The molecule has 1 N–H and O–H groups in total. The summed E-state index contributed by atoms with van der Waals surface area (Å²) in [5, 5.41) is 0. The molecule has 0 bridgehead atoms. The molecule has 2 aromatic rings. The molecular weight excluding hydrogens is 402 g/mol. The maximum absolute atomic E-state index is 14.0. The first kappa shape index (κ1) is 21.2. The number of nitrogens with zero attached hydrogens (tertiary/aromatic N) is 2. The van der Waals surface area contributed by atoms with E-state index in [4.69, 9.17) is 4.42 Å². The number of nitrogens with one attached hydrogen (secondary N) is 1. The SMILES string of the molecule is Cc1[nH]c(C)c(S(=O)(=O)N(Cc2ccco2)C2CCCCC2)c1C(=O)N1CCCC1. The largest absolute Gasteiger partial charge is 0.468 e. The van der Waals surface area contributed by atoms with E-state index in [2.05, 4.69) is 4.98 Å². The molecule has 4 rings (SSSR count). The van der Waals surface area contributed by atoms with Crippen LogP contribution in [0.15, 0.2) is 27.7 Å². The first-order valence-electron chi connectivity index (χ1n) is 10.9. The Labute approximate surface area is 178 Å². The lowest BCUT2D eigenvalue weighted by atomic mass is 9.95. The van der Waals surface area contributed by atoms with E-state index in [1.54, 1.807) is 41.4 Å². The number of sulfonamides is 1. The Balaban J connectivity index is 1.76. The van der Waals surface area contributed by atoms with Gasteiger partial charge in [0.15, 0.2) is 0 Å². The van der Waals surface area contributed by atoms with Crippen molar-refractivity contribution in [2.75, 3.05) is 13.1 Å². The zero-order chi connectivity index (χ0) is 21.3.